The number of aliphatic imine (C=N–C) groups is 1. The Morgan fingerprint density at radius 2 is 1.40 bits per heavy atom. The number of nitrogens with zero attached hydrogens (tertiary/aromatic N) is 6. The largest absolute Gasteiger partial charge is 0.744 e. The van der Waals surface area contributed by atoms with Gasteiger partial charge in [-0.3, -0.25) is 29.6 Å². The van der Waals surface area contributed by atoms with Gasteiger partial charge in [-0.25, -0.2) is 23.4 Å². The first-order valence-corrected chi connectivity index (χ1v) is 41.0. The molecular formula is C86H84Cl4N11O17S2-. The number of aromatic nitrogens is 1. The van der Waals surface area contributed by atoms with Crippen LogP contribution in [0.4, 0.5) is 39.8 Å². The minimum Gasteiger partial charge on any atom is -0.744 e. The molecule has 9 N–H and O–H groups in total. The van der Waals surface area contributed by atoms with Crippen LogP contribution in [0, 0.1) is 13.8 Å². The molecule has 4 amide bonds. The van der Waals surface area contributed by atoms with Crippen LogP contribution in [-0.4, -0.2) is 88.2 Å². The summed E-state index contributed by atoms with van der Waals surface area (Å²) < 4.78 is 58.4. The van der Waals surface area contributed by atoms with Crippen LogP contribution in [0.3, 0.4) is 0 Å². The Morgan fingerprint density at radius 1 is 0.708 bits per heavy atom. The Balaban J connectivity index is 0.000000247. The first kappa shape index (κ1) is 90.6. The topological polar surface area (TPSA) is 403 Å². The highest BCUT2D eigenvalue weighted by Crippen LogP contribution is 2.49. The Hall–Kier alpha value is -11.7. The van der Waals surface area contributed by atoms with Crippen molar-refractivity contribution in [3.63, 3.8) is 0 Å². The number of phenolic OH excluding ortho intramolecular Hbond substituents is 4. The summed E-state index contributed by atoms with van der Waals surface area (Å²) in [5.41, 5.74) is 7.34. The molecule has 626 valence electrons. The molecule has 2 unspecified atom stereocenters. The second-order valence-corrected chi connectivity index (χ2v) is 32.4. The maximum atomic E-state index is 13.7. The minimum absolute atomic E-state index is 0.00208. The van der Waals surface area contributed by atoms with Crippen LogP contribution in [0.2, 0.25) is 20.1 Å². The number of pyridine rings is 1. The predicted octanol–water partition coefficient (Wildman–Crippen LogP) is 19.6. The smallest absolute Gasteiger partial charge is 0.280 e. The van der Waals surface area contributed by atoms with Crippen molar-refractivity contribution in [1.82, 2.24) is 10.7 Å². The maximum Gasteiger partial charge on any atom is 0.280 e. The predicted molar refractivity (Wildman–Crippen MR) is 459 cm³/mol. The molecule has 10 aromatic carbocycles. The zero-order chi connectivity index (χ0) is 86.9. The number of azo groups is 2. The molecule has 0 radical (unpaired) electrons. The number of carbonyl (C=O) groups is 4. The second-order valence-electron chi connectivity index (χ2n) is 28.7. The standard InChI is InChI=1S/C49H54N4O12S2.C32H26Cl4N6O5.C5H5N/c1-8-48(4,5)31-16-21-40(38(26-31)49(6,7)9-2)62-23-13-12-22-50-47(57)37-28-41(35-14-10-11-15-36(35)45(37)55)63-33-19-17-32(18-20-33)52-53-44-42(66-65-64-58)25-30-24-34(67(59,60)61)27-39(51-29(3)54)43(30)46(44)56;1-15-4-8-27(44)25(10-15)39-40-28-30(41-42(32(28)46)29-22(35)12-18(33)13-23(29)36)38-24-14-19(5-7-21(24)34)37-31(45)17(3)47-20-6-9-26(43)16(2)11-20;1-2-4-6-5-3-1/h10-11,14-21,24-28,55-56,58H,8-9,12-13,22-23H2,1-7H3,(H,50,57)(H,51,54)(H,59,60,61);4-14,17,28,43-44H,1-3H3,(H,37,45)(H,38,41);1-5H/p-1. The fraction of sp³-hybridized carbons (Fsp3) is 0.233. The van der Waals surface area contributed by atoms with Gasteiger partial charge in [-0.15, -0.1) is 5.11 Å². The van der Waals surface area contributed by atoms with Crippen molar-refractivity contribution in [2.45, 2.75) is 128 Å². The van der Waals surface area contributed by atoms with Gasteiger partial charge in [0.1, 0.15) is 67.4 Å². The Bertz CT molecular complexity index is 5800. The van der Waals surface area contributed by atoms with Crippen molar-refractivity contribution in [3.05, 3.63) is 236 Å². The highest BCUT2D eigenvalue weighted by Gasteiger charge is 2.41. The number of H-pyrrole nitrogens is 1. The molecule has 1 fully saturated rings. The van der Waals surface area contributed by atoms with Gasteiger partial charge in [0.2, 0.25) is 11.9 Å². The molecule has 11 aromatic rings. The molecule has 12 rings (SSSR count). The fourth-order valence-electron chi connectivity index (χ4n) is 12.0. The number of aromatic amines is 1. The number of rotatable bonds is 28. The van der Waals surface area contributed by atoms with E-state index in [2.05, 4.69) is 121 Å². The number of fused-ring (bicyclic) bond motifs is 2. The number of anilines is 3. The first-order chi connectivity index (χ1) is 57.1. The molecule has 0 saturated carbocycles. The van der Waals surface area contributed by atoms with E-state index in [1.807, 2.05) is 37.5 Å². The van der Waals surface area contributed by atoms with E-state index in [0.29, 0.717) is 77.3 Å². The number of aryl methyl sites for hydroxylation is 2. The molecule has 0 spiro atoms. The third kappa shape index (κ3) is 23.0. The van der Waals surface area contributed by atoms with Crippen molar-refractivity contribution in [2.24, 2.45) is 25.4 Å². The number of ether oxygens (including phenoxy) is 3. The van der Waals surface area contributed by atoms with Crippen molar-refractivity contribution >= 4 is 159 Å². The Morgan fingerprint density at radius 3 is 2.05 bits per heavy atom. The summed E-state index contributed by atoms with van der Waals surface area (Å²) in [6.45, 7) is 20.4. The quantitative estimate of drug-likeness (QED) is 0.00564. The highest BCUT2D eigenvalue weighted by molar-refractivity contribution is 7.94. The molecule has 1 saturated heterocycles. The number of unbranched alkanes of at least 4 members (excludes halogenated alkanes) is 1. The molecule has 2 atom stereocenters. The molecule has 0 aliphatic carbocycles. The Kier molecular flexibility index (Phi) is 30.5. The summed E-state index contributed by atoms with van der Waals surface area (Å²) in [7, 11) is -5.00. The van der Waals surface area contributed by atoms with E-state index in [-0.39, 0.29) is 109 Å². The molecule has 2 heterocycles. The lowest BCUT2D eigenvalue weighted by atomic mass is 9.76. The van der Waals surface area contributed by atoms with E-state index < -0.39 is 56.5 Å². The molecule has 1 aliphatic heterocycles. The monoisotopic (exact) mass is 1750 g/mol. The van der Waals surface area contributed by atoms with Crippen LogP contribution in [0.25, 0.3) is 21.5 Å². The zero-order valence-electron chi connectivity index (χ0n) is 66.4. The lowest BCUT2D eigenvalue weighted by Crippen LogP contribution is -2.36. The highest BCUT2D eigenvalue weighted by atomic mass is 35.5. The number of aromatic hydroxyl groups is 4. The molecular weight excluding hydrogens is 1660 g/mol. The van der Waals surface area contributed by atoms with Gasteiger partial charge in [0.05, 0.1) is 66.1 Å². The van der Waals surface area contributed by atoms with Gasteiger partial charge < -0.3 is 60.4 Å². The van der Waals surface area contributed by atoms with Gasteiger partial charge in [-0.1, -0.05) is 136 Å². The number of hydrazine groups is 1. The molecule has 28 nitrogen and oxygen atoms in total. The minimum atomic E-state index is -5.00. The first-order valence-electron chi connectivity index (χ1n) is 37.3. The van der Waals surface area contributed by atoms with Crippen molar-refractivity contribution in [1.29, 1.82) is 0 Å². The zero-order valence-corrected chi connectivity index (χ0v) is 71.1. The number of nitrogens with one attached hydrogen (secondary N) is 5. The van der Waals surface area contributed by atoms with E-state index >= 15 is 0 Å². The van der Waals surface area contributed by atoms with Gasteiger partial charge in [-0.05, 0) is 195 Å². The number of amides is 4. The van der Waals surface area contributed by atoms with Gasteiger partial charge in [0, 0.05) is 58.0 Å². The second kappa shape index (κ2) is 40.4. The van der Waals surface area contributed by atoms with Crippen LogP contribution >= 0.6 is 58.4 Å². The van der Waals surface area contributed by atoms with E-state index in [4.69, 9.17) is 60.6 Å². The van der Waals surface area contributed by atoms with Gasteiger partial charge in [0.25, 0.3) is 17.7 Å². The SMILES string of the molecule is CCC(C)(C)c1ccc(OCCCCNC(=O)c2cc(Oc3ccc(N=Nc4c(SOO[O-])cc5cc(S(=O)(=O)[O-])cc(NC(C)=O)c5c4O)cc3)c3ccccc3c2O)c(C(C)(C)CC)c1.Cc1ccc(O)c(N=NC2C(=O)N(c3c(Cl)cc(Cl)cc3Cl)NC2=Nc2cc(NC(=O)C(C)Oc3ccc(O)c(C)c3)ccc2Cl)c1.c1cc[nH+]cc1. The third-order valence-electron chi connectivity index (χ3n) is 19.3. The van der Waals surface area contributed by atoms with Gasteiger partial charge in [0.15, 0.2) is 30.1 Å². The Labute approximate surface area is 716 Å². The van der Waals surface area contributed by atoms with Crippen molar-refractivity contribution in [3.8, 4) is 46.0 Å². The lowest BCUT2D eigenvalue weighted by Gasteiger charge is -2.30. The van der Waals surface area contributed by atoms with Gasteiger partial charge in [-0.2, -0.15) is 19.7 Å². The number of amidine groups is 1. The summed E-state index contributed by atoms with van der Waals surface area (Å²) in [4.78, 5) is 58.9. The molecule has 34 heteroatoms. The molecule has 0 bridgehead atoms. The van der Waals surface area contributed by atoms with Crippen LogP contribution < -0.4 is 50.8 Å². The molecule has 1 aromatic heterocycles. The maximum absolute atomic E-state index is 13.7. The average Bonchev–Trinajstić information content (AvgIpc) is 1.05. The van der Waals surface area contributed by atoms with Crippen LogP contribution in [0.5, 0.6) is 46.0 Å². The third-order valence-corrected chi connectivity index (χ3v) is 21.8. The van der Waals surface area contributed by atoms with E-state index in [9.17, 15) is 57.8 Å². The number of phenols is 4. The van der Waals surface area contributed by atoms with Crippen LogP contribution in [0.15, 0.2) is 224 Å². The van der Waals surface area contributed by atoms with E-state index in [1.165, 1.54) is 59.7 Å². The summed E-state index contributed by atoms with van der Waals surface area (Å²) in [6.07, 6.45) is 6.15. The average molecular weight is 1750 g/mol. The number of hydrogen-bond donors (Lipinski definition) is 8. The summed E-state index contributed by atoms with van der Waals surface area (Å²) >= 11 is 25.7. The van der Waals surface area contributed by atoms with Crippen LogP contribution in [-0.2, 0) is 44.7 Å². The van der Waals surface area contributed by atoms with E-state index in [1.54, 1.807) is 92.7 Å². The summed E-state index contributed by atoms with van der Waals surface area (Å²) in [5, 5.41) is 84.1. The normalized spacial score (nSPS) is 13.5. The van der Waals surface area contributed by atoms with Gasteiger partial charge >= 0.3 is 0 Å². The number of benzene rings is 10. The van der Waals surface area contributed by atoms with Crippen molar-refractivity contribution in [2.75, 3.05) is 28.8 Å². The molecule has 1 aliphatic rings. The van der Waals surface area contributed by atoms with Crippen LogP contribution in [0.1, 0.15) is 114 Å². The summed E-state index contributed by atoms with van der Waals surface area (Å²) in [5.74, 6) is -1.10. The number of carbonyl (C=O) groups excluding carboxylic acids is 4. The fourth-order valence-corrected chi connectivity index (χ4v) is 14.1. The summed E-state index contributed by atoms with van der Waals surface area (Å²) in [6, 6.07) is 45.7. The lowest BCUT2D eigenvalue weighted by molar-refractivity contribution is -0.777. The van der Waals surface area contributed by atoms with Crippen molar-refractivity contribution < 1.29 is 86.4 Å². The van der Waals surface area contributed by atoms with E-state index in [0.717, 1.165) is 48.2 Å². The number of hydrogen-bond acceptors (Lipinski definition) is 23. The molecule has 120 heavy (non-hydrogen) atoms. The number of halogens is 4.